The minimum Gasteiger partial charge on any atom is -0.368 e. The molecule has 3 heterocycles. The van der Waals surface area contributed by atoms with Crippen LogP contribution in [-0.4, -0.2) is 34.3 Å². The van der Waals surface area contributed by atoms with E-state index in [1.165, 1.54) is 10.9 Å². The van der Waals surface area contributed by atoms with Crippen LogP contribution in [0.5, 0.6) is 0 Å². The van der Waals surface area contributed by atoms with Gasteiger partial charge < -0.3 is 5.73 Å². The van der Waals surface area contributed by atoms with Crippen molar-refractivity contribution in [3.05, 3.63) is 36.1 Å². The van der Waals surface area contributed by atoms with Crippen molar-refractivity contribution in [3.8, 4) is 11.9 Å². The van der Waals surface area contributed by atoms with Crippen molar-refractivity contribution in [2.45, 2.75) is 0 Å². The maximum Gasteiger partial charge on any atom is 0.257 e. The monoisotopic (exact) mass is 262 g/mol. The zero-order valence-electron chi connectivity index (χ0n) is 8.97. The molecule has 0 aliphatic heterocycles. The van der Waals surface area contributed by atoms with Gasteiger partial charge in [-0.05, 0) is 0 Å². The largest absolute Gasteiger partial charge is 0.368 e. The third-order valence-corrected chi connectivity index (χ3v) is 2.32. The summed E-state index contributed by atoms with van der Waals surface area (Å²) < 4.78 is 3.04. The van der Waals surface area contributed by atoms with Gasteiger partial charge in [0.05, 0.1) is 17.4 Å². The molecule has 18 heavy (non-hydrogen) atoms. The summed E-state index contributed by atoms with van der Waals surface area (Å²) in [7, 11) is 0. The lowest BCUT2D eigenvalue weighted by atomic mass is 10.7. The highest BCUT2D eigenvalue weighted by atomic mass is 35.5. The van der Waals surface area contributed by atoms with Gasteiger partial charge in [-0.3, -0.25) is 4.57 Å². The standard InChI is InChI=1S/C9H7ClN8/c10-6-3-13-18(4-6)9-15-7(11)14-8(16-9)17-2-1-12-5-17/h1-5H,(H2,11,14,15,16). The third kappa shape index (κ3) is 1.89. The molecule has 3 aromatic heterocycles. The number of hydrogen-bond donors (Lipinski definition) is 1. The smallest absolute Gasteiger partial charge is 0.257 e. The number of halogens is 1. The zero-order valence-corrected chi connectivity index (χ0v) is 9.73. The second-order valence-corrected chi connectivity index (χ2v) is 3.80. The van der Waals surface area contributed by atoms with E-state index in [2.05, 4.69) is 25.0 Å². The molecule has 0 amide bonds. The van der Waals surface area contributed by atoms with Crippen LogP contribution in [0, 0.1) is 0 Å². The van der Waals surface area contributed by atoms with Crippen LogP contribution in [0.3, 0.4) is 0 Å². The molecule has 0 spiro atoms. The SMILES string of the molecule is Nc1nc(-n2ccnc2)nc(-n2cc(Cl)cn2)n1. The minimum absolute atomic E-state index is 0.0929. The second-order valence-electron chi connectivity index (χ2n) is 3.37. The van der Waals surface area contributed by atoms with Crippen LogP contribution in [0.15, 0.2) is 31.1 Å². The number of aromatic nitrogens is 7. The fraction of sp³-hybridized carbons (Fsp3) is 0. The van der Waals surface area contributed by atoms with Crippen molar-refractivity contribution < 1.29 is 0 Å². The molecule has 0 fully saturated rings. The Labute approximate surface area is 106 Å². The first kappa shape index (κ1) is 10.7. The lowest BCUT2D eigenvalue weighted by molar-refractivity contribution is 0.778. The molecular formula is C9H7ClN8. The quantitative estimate of drug-likeness (QED) is 0.721. The van der Waals surface area contributed by atoms with E-state index in [0.717, 1.165) is 0 Å². The van der Waals surface area contributed by atoms with Gasteiger partial charge in [-0.1, -0.05) is 11.6 Å². The summed E-state index contributed by atoms with van der Waals surface area (Å²) >= 11 is 5.79. The first-order chi connectivity index (χ1) is 8.72. The molecule has 3 rings (SSSR count). The Balaban J connectivity index is 2.11. The van der Waals surface area contributed by atoms with E-state index in [1.807, 2.05) is 0 Å². The van der Waals surface area contributed by atoms with Gasteiger partial charge in [-0.2, -0.15) is 20.1 Å². The van der Waals surface area contributed by atoms with Crippen LogP contribution >= 0.6 is 11.6 Å². The first-order valence-electron chi connectivity index (χ1n) is 4.93. The predicted molar refractivity (Wildman–Crippen MR) is 63.5 cm³/mol. The average molecular weight is 263 g/mol. The van der Waals surface area contributed by atoms with E-state index in [9.17, 15) is 0 Å². The van der Waals surface area contributed by atoms with Gasteiger partial charge in [0, 0.05) is 12.4 Å². The van der Waals surface area contributed by atoms with Gasteiger partial charge in [0.25, 0.3) is 5.95 Å². The molecule has 0 aromatic carbocycles. The van der Waals surface area contributed by atoms with Crippen molar-refractivity contribution in [2.24, 2.45) is 0 Å². The minimum atomic E-state index is 0.0929. The number of anilines is 1. The molecule has 0 bridgehead atoms. The van der Waals surface area contributed by atoms with Gasteiger partial charge in [0.2, 0.25) is 11.9 Å². The van der Waals surface area contributed by atoms with Crippen molar-refractivity contribution in [2.75, 3.05) is 5.73 Å². The lowest BCUT2D eigenvalue weighted by Gasteiger charge is -2.04. The van der Waals surface area contributed by atoms with Crippen molar-refractivity contribution >= 4 is 17.5 Å². The third-order valence-electron chi connectivity index (χ3n) is 2.12. The maximum atomic E-state index is 5.79. The van der Waals surface area contributed by atoms with E-state index in [-0.39, 0.29) is 11.9 Å². The second kappa shape index (κ2) is 4.08. The van der Waals surface area contributed by atoms with Crippen LogP contribution in [0.25, 0.3) is 11.9 Å². The molecule has 2 N–H and O–H groups in total. The average Bonchev–Trinajstić information content (AvgIpc) is 2.98. The summed E-state index contributed by atoms with van der Waals surface area (Å²) in [5, 5.41) is 4.49. The zero-order chi connectivity index (χ0) is 12.5. The molecule has 9 heteroatoms. The number of nitrogens with two attached hydrogens (primary N) is 1. The Bertz CT molecular complexity index is 674. The molecule has 90 valence electrons. The van der Waals surface area contributed by atoms with Crippen LogP contribution < -0.4 is 5.73 Å². The fourth-order valence-corrected chi connectivity index (χ4v) is 1.51. The maximum absolute atomic E-state index is 5.79. The highest BCUT2D eigenvalue weighted by Gasteiger charge is 2.08. The Kier molecular flexibility index (Phi) is 2.41. The van der Waals surface area contributed by atoms with E-state index in [4.69, 9.17) is 17.3 Å². The van der Waals surface area contributed by atoms with E-state index in [0.29, 0.717) is 11.0 Å². The number of nitrogens with zero attached hydrogens (tertiary/aromatic N) is 7. The summed E-state index contributed by atoms with van der Waals surface area (Å²) in [4.78, 5) is 16.1. The van der Waals surface area contributed by atoms with Crippen LogP contribution in [-0.2, 0) is 0 Å². The highest BCUT2D eigenvalue weighted by Crippen LogP contribution is 2.10. The fourth-order valence-electron chi connectivity index (χ4n) is 1.37. The number of imidazole rings is 1. The van der Waals surface area contributed by atoms with Crippen LogP contribution in [0.1, 0.15) is 0 Å². The normalized spacial score (nSPS) is 10.7. The van der Waals surface area contributed by atoms with Crippen molar-refractivity contribution in [3.63, 3.8) is 0 Å². The van der Waals surface area contributed by atoms with Crippen LogP contribution in [0.4, 0.5) is 5.95 Å². The highest BCUT2D eigenvalue weighted by molar-refractivity contribution is 6.30. The van der Waals surface area contributed by atoms with E-state index < -0.39 is 0 Å². The van der Waals surface area contributed by atoms with E-state index >= 15 is 0 Å². The molecule has 0 saturated heterocycles. The Morgan fingerprint density at radius 3 is 2.67 bits per heavy atom. The van der Waals surface area contributed by atoms with Crippen molar-refractivity contribution in [1.29, 1.82) is 0 Å². The van der Waals surface area contributed by atoms with Gasteiger partial charge in [0.15, 0.2) is 0 Å². The van der Waals surface area contributed by atoms with Gasteiger partial charge in [-0.25, -0.2) is 9.67 Å². The Morgan fingerprint density at radius 1 is 1.17 bits per heavy atom. The lowest BCUT2D eigenvalue weighted by Crippen LogP contribution is -2.10. The molecule has 0 unspecified atom stereocenters. The molecule has 0 saturated carbocycles. The van der Waals surface area contributed by atoms with Gasteiger partial charge in [-0.15, -0.1) is 0 Å². The number of nitrogen functional groups attached to an aromatic ring is 1. The molecule has 0 aliphatic rings. The van der Waals surface area contributed by atoms with Gasteiger partial charge in [0.1, 0.15) is 6.33 Å². The van der Waals surface area contributed by atoms with Gasteiger partial charge >= 0.3 is 0 Å². The molecule has 0 radical (unpaired) electrons. The van der Waals surface area contributed by atoms with Crippen LogP contribution in [0.2, 0.25) is 5.02 Å². The number of hydrogen-bond acceptors (Lipinski definition) is 6. The topological polar surface area (TPSA) is 100 Å². The predicted octanol–water partition coefficient (Wildman–Crippen LogP) is 0.479. The summed E-state index contributed by atoms with van der Waals surface area (Å²) in [6.07, 6.45) is 7.94. The molecular weight excluding hydrogens is 256 g/mol. The molecule has 8 nitrogen and oxygen atoms in total. The summed E-state index contributed by atoms with van der Waals surface area (Å²) in [6, 6.07) is 0. The van der Waals surface area contributed by atoms with Crippen molar-refractivity contribution in [1.82, 2.24) is 34.3 Å². The summed E-state index contributed by atoms with van der Waals surface area (Å²) in [6.45, 7) is 0. The summed E-state index contributed by atoms with van der Waals surface area (Å²) in [5.74, 6) is 0.745. The first-order valence-corrected chi connectivity index (χ1v) is 5.30. The summed E-state index contributed by atoms with van der Waals surface area (Å²) in [5.41, 5.74) is 5.64. The molecule has 0 aliphatic carbocycles. The molecule has 0 atom stereocenters. The molecule has 3 aromatic rings. The number of rotatable bonds is 2. The van der Waals surface area contributed by atoms with E-state index in [1.54, 1.807) is 29.5 Å². The Hall–Kier alpha value is -2.48. The Morgan fingerprint density at radius 2 is 2.00 bits per heavy atom.